The van der Waals surface area contributed by atoms with Crippen LogP contribution in [0.2, 0.25) is 0 Å². The van der Waals surface area contributed by atoms with Crippen molar-refractivity contribution in [1.82, 2.24) is 9.97 Å². The lowest BCUT2D eigenvalue weighted by Crippen LogP contribution is -2.14. The third-order valence-corrected chi connectivity index (χ3v) is 5.32. The number of nitrogens with one attached hydrogen (secondary N) is 1. The zero-order valence-electron chi connectivity index (χ0n) is 9.86. The van der Waals surface area contributed by atoms with E-state index in [0.717, 1.165) is 18.6 Å². The molecule has 0 atom stereocenters. The maximum Gasteiger partial charge on any atom is 0.306 e. The molecule has 1 aromatic rings. The Bertz CT molecular complexity index is 513. The fourth-order valence-corrected chi connectivity index (χ4v) is 3.36. The molecule has 7 heteroatoms. The number of aromatic nitrogens is 2. The van der Waals surface area contributed by atoms with Gasteiger partial charge in [0.05, 0.1) is 19.9 Å². The fourth-order valence-electron chi connectivity index (χ4n) is 1.62. The van der Waals surface area contributed by atoms with E-state index < -0.39 is 0 Å². The highest BCUT2D eigenvalue weighted by atomic mass is 79.9. The third kappa shape index (κ3) is 3.14. The van der Waals surface area contributed by atoms with Crippen molar-refractivity contribution in [2.75, 3.05) is 12.9 Å². The summed E-state index contributed by atoms with van der Waals surface area (Å²) in [6.07, 6.45) is 3.87. The van der Waals surface area contributed by atoms with E-state index in [-0.39, 0.29) is 16.9 Å². The summed E-state index contributed by atoms with van der Waals surface area (Å²) in [5.74, 6) is 0.600. The zero-order chi connectivity index (χ0) is 13.2. The number of thioether (sulfide) groups is 1. The van der Waals surface area contributed by atoms with Crippen molar-refractivity contribution < 1.29 is 9.53 Å². The number of esters is 1. The van der Waals surface area contributed by atoms with Gasteiger partial charge in [-0.2, -0.15) is 0 Å². The Labute approximate surface area is 117 Å². The lowest BCUT2D eigenvalue weighted by atomic mass is 10.1. The van der Waals surface area contributed by atoms with E-state index in [0.29, 0.717) is 15.9 Å². The highest BCUT2D eigenvalue weighted by Gasteiger charge is 2.44. The molecule has 1 saturated carbocycles. The zero-order valence-corrected chi connectivity index (χ0v) is 12.3. The van der Waals surface area contributed by atoms with E-state index in [4.69, 9.17) is 4.74 Å². The summed E-state index contributed by atoms with van der Waals surface area (Å²) >= 11 is 4.71. The number of carbonyl (C=O) groups is 1. The van der Waals surface area contributed by atoms with E-state index >= 15 is 0 Å². The predicted octanol–water partition coefficient (Wildman–Crippen LogP) is 1.97. The topological polar surface area (TPSA) is 72.0 Å². The first-order valence-corrected chi connectivity index (χ1v) is 7.27. The average molecular weight is 333 g/mol. The second-order valence-corrected chi connectivity index (χ2v) is 6.15. The third-order valence-electron chi connectivity index (χ3n) is 2.98. The van der Waals surface area contributed by atoms with Crippen molar-refractivity contribution in [3.8, 4) is 0 Å². The number of rotatable bonds is 5. The summed E-state index contributed by atoms with van der Waals surface area (Å²) in [4.78, 5) is 29.3. The Balaban J connectivity index is 1.98. The first-order valence-electron chi connectivity index (χ1n) is 5.49. The lowest BCUT2D eigenvalue weighted by Gasteiger charge is -2.12. The Morgan fingerprint density at radius 3 is 3.00 bits per heavy atom. The van der Waals surface area contributed by atoms with Crippen LogP contribution in [0.4, 0.5) is 0 Å². The molecule has 0 radical (unpaired) electrons. The highest BCUT2D eigenvalue weighted by molar-refractivity contribution is 9.10. The second kappa shape index (κ2) is 5.44. The van der Waals surface area contributed by atoms with Gasteiger partial charge < -0.3 is 9.72 Å². The molecule has 1 aliphatic rings. The van der Waals surface area contributed by atoms with Crippen LogP contribution < -0.4 is 5.56 Å². The lowest BCUT2D eigenvalue weighted by molar-refractivity contribution is -0.141. The predicted molar refractivity (Wildman–Crippen MR) is 71.6 cm³/mol. The van der Waals surface area contributed by atoms with Crippen molar-refractivity contribution in [1.29, 1.82) is 0 Å². The van der Waals surface area contributed by atoms with Gasteiger partial charge in [0.25, 0.3) is 5.56 Å². The monoisotopic (exact) mass is 332 g/mol. The molecular formula is C11H13BrN2O3S. The highest BCUT2D eigenvalue weighted by Crippen LogP contribution is 2.52. The molecule has 1 fully saturated rings. The summed E-state index contributed by atoms with van der Waals surface area (Å²) in [6.45, 7) is 0. The van der Waals surface area contributed by atoms with E-state index in [1.54, 1.807) is 0 Å². The van der Waals surface area contributed by atoms with Crippen LogP contribution in [0.1, 0.15) is 19.3 Å². The van der Waals surface area contributed by atoms with Crippen LogP contribution in [0.25, 0.3) is 0 Å². The van der Waals surface area contributed by atoms with Crippen LogP contribution in [-0.4, -0.2) is 28.8 Å². The molecule has 1 N–H and O–H groups in total. The molecule has 18 heavy (non-hydrogen) atoms. The molecule has 0 aromatic carbocycles. The minimum absolute atomic E-state index is 0.0292. The van der Waals surface area contributed by atoms with E-state index in [9.17, 15) is 9.59 Å². The number of ether oxygens (including phenoxy) is 1. The van der Waals surface area contributed by atoms with Crippen molar-refractivity contribution >= 4 is 33.7 Å². The minimum Gasteiger partial charge on any atom is -0.469 e. The van der Waals surface area contributed by atoms with Crippen LogP contribution >= 0.6 is 27.7 Å². The van der Waals surface area contributed by atoms with Gasteiger partial charge in [0.15, 0.2) is 0 Å². The molecule has 0 bridgehead atoms. The molecular weight excluding hydrogens is 320 g/mol. The number of carbonyl (C=O) groups excluding carboxylic acids is 1. The Hall–Kier alpha value is -0.820. The number of halogens is 1. The summed E-state index contributed by atoms with van der Waals surface area (Å²) in [5.41, 5.74) is -0.160. The number of aromatic amines is 1. The quantitative estimate of drug-likeness (QED) is 0.507. The maximum atomic E-state index is 11.4. The van der Waals surface area contributed by atoms with Gasteiger partial charge in [-0.15, -0.1) is 11.8 Å². The molecule has 0 saturated heterocycles. The van der Waals surface area contributed by atoms with Gasteiger partial charge in [0, 0.05) is 5.75 Å². The first-order chi connectivity index (χ1) is 8.56. The molecule has 0 unspecified atom stereocenters. The largest absolute Gasteiger partial charge is 0.469 e. The van der Waals surface area contributed by atoms with Gasteiger partial charge >= 0.3 is 5.97 Å². The molecule has 0 aliphatic heterocycles. The van der Waals surface area contributed by atoms with Gasteiger partial charge in [-0.05, 0) is 34.2 Å². The number of H-pyrrole nitrogens is 1. The molecule has 1 aliphatic carbocycles. The van der Waals surface area contributed by atoms with E-state index in [1.807, 2.05) is 0 Å². The number of hydrogen-bond acceptors (Lipinski definition) is 5. The number of hydrogen-bond donors (Lipinski definition) is 1. The van der Waals surface area contributed by atoms with Gasteiger partial charge in [0.1, 0.15) is 9.50 Å². The smallest absolute Gasteiger partial charge is 0.306 e. The first kappa shape index (κ1) is 13.6. The van der Waals surface area contributed by atoms with Gasteiger partial charge in [-0.1, -0.05) is 0 Å². The summed E-state index contributed by atoms with van der Waals surface area (Å²) < 4.78 is 5.14. The Morgan fingerprint density at radius 2 is 2.39 bits per heavy atom. The normalized spacial score (nSPS) is 16.3. The van der Waals surface area contributed by atoms with Crippen molar-refractivity contribution in [3.63, 3.8) is 0 Å². The molecule has 0 spiro atoms. The Kier molecular flexibility index (Phi) is 4.11. The van der Waals surface area contributed by atoms with Crippen LogP contribution in [0.3, 0.4) is 0 Å². The van der Waals surface area contributed by atoms with Crippen LogP contribution in [0.5, 0.6) is 0 Å². The molecule has 1 aromatic heterocycles. The summed E-state index contributed by atoms with van der Waals surface area (Å²) in [5, 5.41) is 0.662. The van der Waals surface area contributed by atoms with Crippen LogP contribution in [0, 0.1) is 5.41 Å². The molecule has 2 rings (SSSR count). The van der Waals surface area contributed by atoms with Crippen molar-refractivity contribution in [2.45, 2.75) is 24.3 Å². The Morgan fingerprint density at radius 1 is 1.67 bits per heavy atom. The second-order valence-electron chi connectivity index (χ2n) is 4.39. The standard InChI is InChI=1S/C11H13BrN2O3S/c1-17-7(15)4-11(2-3-11)5-18-10-8(12)9(16)13-6-14-10/h6H,2-5H2,1H3,(H,13,14,16). The number of nitrogens with zero attached hydrogens (tertiary/aromatic N) is 1. The molecule has 0 amide bonds. The van der Waals surface area contributed by atoms with E-state index in [1.165, 1.54) is 25.2 Å². The minimum atomic E-state index is -0.190. The SMILES string of the molecule is COC(=O)CC1(CSc2nc[nH]c(=O)c2Br)CC1. The molecule has 98 valence electrons. The average Bonchev–Trinajstić information content (AvgIpc) is 3.11. The summed E-state index contributed by atoms with van der Waals surface area (Å²) in [6, 6.07) is 0. The van der Waals surface area contributed by atoms with Gasteiger partial charge in [0.2, 0.25) is 0 Å². The summed E-state index contributed by atoms with van der Waals surface area (Å²) in [7, 11) is 1.40. The van der Waals surface area contributed by atoms with E-state index in [2.05, 4.69) is 25.9 Å². The van der Waals surface area contributed by atoms with Crippen LogP contribution in [0.15, 0.2) is 20.6 Å². The van der Waals surface area contributed by atoms with Gasteiger partial charge in [-0.25, -0.2) is 4.98 Å². The number of methoxy groups -OCH3 is 1. The van der Waals surface area contributed by atoms with Gasteiger partial charge in [-0.3, -0.25) is 9.59 Å². The molecule has 5 nitrogen and oxygen atoms in total. The van der Waals surface area contributed by atoms with Crippen molar-refractivity contribution in [3.05, 3.63) is 21.2 Å². The molecule has 1 heterocycles. The fraction of sp³-hybridized carbons (Fsp3) is 0.545. The maximum absolute atomic E-state index is 11.4. The van der Waals surface area contributed by atoms with Crippen molar-refractivity contribution in [2.24, 2.45) is 5.41 Å². The van der Waals surface area contributed by atoms with Crippen LogP contribution in [-0.2, 0) is 9.53 Å².